The molecule has 1 aromatic carbocycles. The highest BCUT2D eigenvalue weighted by Gasteiger charge is 2.45. The van der Waals surface area contributed by atoms with Gasteiger partial charge in [-0.2, -0.15) is 11.8 Å². The molecule has 1 N–H and O–H groups in total. The quantitative estimate of drug-likeness (QED) is 0.893. The molecule has 0 aromatic heterocycles. The van der Waals surface area contributed by atoms with Crippen LogP contribution in [0.25, 0.3) is 0 Å². The molecule has 2 amide bonds. The molecule has 1 saturated heterocycles. The van der Waals surface area contributed by atoms with Gasteiger partial charge in [-0.25, -0.2) is 0 Å². The third kappa shape index (κ3) is 3.06. The zero-order chi connectivity index (χ0) is 16.6. The van der Waals surface area contributed by atoms with Gasteiger partial charge in [-0.05, 0) is 54.7 Å². The van der Waals surface area contributed by atoms with Crippen molar-refractivity contribution in [2.45, 2.75) is 44.2 Å². The minimum atomic E-state index is -0.311. The Labute approximate surface area is 147 Å². The van der Waals surface area contributed by atoms with Crippen LogP contribution in [0.2, 0.25) is 0 Å². The molecule has 1 aromatic rings. The van der Waals surface area contributed by atoms with Gasteiger partial charge < -0.3 is 10.2 Å². The smallest absolute Gasteiger partial charge is 0.254 e. The number of thioether (sulfide) groups is 1. The highest BCUT2D eigenvalue weighted by Crippen LogP contribution is 2.40. The van der Waals surface area contributed by atoms with Crippen LogP contribution in [0.1, 0.15) is 48.0 Å². The van der Waals surface area contributed by atoms with Gasteiger partial charge in [-0.3, -0.25) is 9.59 Å². The van der Waals surface area contributed by atoms with E-state index < -0.39 is 0 Å². The molecule has 4 rings (SSSR count). The Kier molecular flexibility index (Phi) is 4.29. The van der Waals surface area contributed by atoms with Crippen LogP contribution in [-0.4, -0.2) is 40.3 Å². The number of carbonyl (C=O) groups is 2. The topological polar surface area (TPSA) is 49.4 Å². The van der Waals surface area contributed by atoms with Crippen LogP contribution in [0, 0.1) is 5.92 Å². The van der Waals surface area contributed by atoms with E-state index in [1.54, 1.807) is 0 Å². The van der Waals surface area contributed by atoms with E-state index in [1.165, 1.54) is 12.8 Å². The Bertz CT molecular complexity index is 651. The van der Waals surface area contributed by atoms with Gasteiger partial charge in [0.1, 0.15) is 0 Å². The average molecular weight is 344 g/mol. The number of benzene rings is 1. The van der Waals surface area contributed by atoms with E-state index in [4.69, 9.17) is 0 Å². The second-order valence-corrected chi connectivity index (χ2v) is 8.53. The maximum absolute atomic E-state index is 12.9. The fraction of sp³-hybridized carbons (Fsp3) is 0.579. The van der Waals surface area contributed by atoms with Crippen molar-refractivity contribution >= 4 is 23.6 Å². The Morgan fingerprint density at radius 1 is 1.25 bits per heavy atom. The summed E-state index contributed by atoms with van der Waals surface area (Å²) in [6, 6.07) is 7.86. The van der Waals surface area contributed by atoms with Gasteiger partial charge in [0.2, 0.25) is 5.91 Å². The molecular weight excluding hydrogens is 320 g/mol. The van der Waals surface area contributed by atoms with Gasteiger partial charge in [0.15, 0.2) is 0 Å². The van der Waals surface area contributed by atoms with Crippen LogP contribution >= 0.6 is 11.8 Å². The Balaban J connectivity index is 1.53. The maximum Gasteiger partial charge on any atom is 0.254 e. The predicted octanol–water partition coefficient (Wildman–Crippen LogP) is 2.82. The summed E-state index contributed by atoms with van der Waals surface area (Å²) in [6.07, 6.45) is 4.74. The number of fused-ring (bicyclic) bond motifs is 1. The lowest BCUT2D eigenvalue weighted by Gasteiger charge is -2.44. The number of nitrogens with zero attached hydrogens (tertiary/aromatic N) is 1. The zero-order valence-corrected chi connectivity index (χ0v) is 14.7. The van der Waals surface area contributed by atoms with Crippen LogP contribution < -0.4 is 5.32 Å². The molecule has 2 aliphatic heterocycles. The summed E-state index contributed by atoms with van der Waals surface area (Å²) < 4.78 is 0. The number of hydrogen-bond acceptors (Lipinski definition) is 3. The number of amides is 2. The predicted molar refractivity (Wildman–Crippen MR) is 96.0 cm³/mol. The van der Waals surface area contributed by atoms with Crippen LogP contribution in [0.3, 0.4) is 0 Å². The Hall–Kier alpha value is -1.49. The molecule has 0 radical (unpaired) electrons. The molecule has 1 saturated carbocycles. The summed E-state index contributed by atoms with van der Waals surface area (Å²) in [5, 5.41) is 3.09. The summed E-state index contributed by atoms with van der Waals surface area (Å²) in [5.41, 5.74) is 1.60. The monoisotopic (exact) mass is 344 g/mol. The van der Waals surface area contributed by atoms with Gasteiger partial charge in [0, 0.05) is 25.1 Å². The van der Waals surface area contributed by atoms with Crippen molar-refractivity contribution in [2.24, 2.45) is 5.92 Å². The highest BCUT2D eigenvalue weighted by atomic mass is 32.2. The largest absolute Gasteiger partial charge is 0.356 e. The Morgan fingerprint density at radius 2 is 2.00 bits per heavy atom. The molecule has 1 aliphatic carbocycles. The van der Waals surface area contributed by atoms with Crippen molar-refractivity contribution in [3.63, 3.8) is 0 Å². The molecule has 2 fully saturated rings. The summed E-state index contributed by atoms with van der Waals surface area (Å²) in [7, 11) is 0. The van der Waals surface area contributed by atoms with Crippen LogP contribution in [0.5, 0.6) is 0 Å². The first kappa shape index (κ1) is 16.0. The van der Waals surface area contributed by atoms with E-state index in [0.29, 0.717) is 18.9 Å². The van der Waals surface area contributed by atoms with Crippen LogP contribution in [0.4, 0.5) is 0 Å². The van der Waals surface area contributed by atoms with Crippen molar-refractivity contribution in [1.29, 1.82) is 0 Å². The number of nitrogens with one attached hydrogen (secondary N) is 1. The molecule has 24 heavy (non-hydrogen) atoms. The molecule has 0 bridgehead atoms. The lowest BCUT2D eigenvalue weighted by atomic mass is 9.86. The highest BCUT2D eigenvalue weighted by molar-refractivity contribution is 7.99. The Morgan fingerprint density at radius 3 is 2.71 bits per heavy atom. The minimum absolute atomic E-state index is 0.104. The third-order valence-electron chi connectivity index (χ3n) is 5.59. The van der Waals surface area contributed by atoms with E-state index >= 15 is 0 Å². The second kappa shape index (κ2) is 6.43. The normalized spacial score (nSPS) is 22.3. The zero-order valence-electron chi connectivity index (χ0n) is 13.9. The van der Waals surface area contributed by atoms with Gasteiger partial charge >= 0.3 is 0 Å². The van der Waals surface area contributed by atoms with Crippen molar-refractivity contribution < 1.29 is 9.59 Å². The molecule has 0 spiro atoms. The molecule has 0 atom stereocenters. The first-order valence-electron chi connectivity index (χ1n) is 8.92. The van der Waals surface area contributed by atoms with Crippen LogP contribution in [0.15, 0.2) is 24.3 Å². The molecule has 3 aliphatic rings. The fourth-order valence-electron chi connectivity index (χ4n) is 3.87. The van der Waals surface area contributed by atoms with Crippen molar-refractivity contribution in [1.82, 2.24) is 10.2 Å². The van der Waals surface area contributed by atoms with E-state index in [2.05, 4.69) is 5.32 Å². The van der Waals surface area contributed by atoms with Crippen molar-refractivity contribution in [3.8, 4) is 0 Å². The fourth-order valence-corrected chi connectivity index (χ4v) is 5.13. The average Bonchev–Trinajstić information content (AvgIpc) is 3.37. The minimum Gasteiger partial charge on any atom is -0.356 e. The van der Waals surface area contributed by atoms with E-state index in [0.717, 1.165) is 42.0 Å². The second-order valence-electron chi connectivity index (χ2n) is 7.31. The summed E-state index contributed by atoms with van der Waals surface area (Å²) >= 11 is 1.93. The first-order valence-corrected chi connectivity index (χ1v) is 10.1. The number of hydrogen-bond donors (Lipinski definition) is 1. The molecule has 4 nitrogen and oxygen atoms in total. The van der Waals surface area contributed by atoms with Gasteiger partial charge in [-0.15, -0.1) is 0 Å². The first-order chi connectivity index (χ1) is 11.7. The SMILES string of the molecule is O=C(CC1(N2Cc3ccccc3C2=O)CCSCC1)NCC1CC1. The van der Waals surface area contributed by atoms with Gasteiger partial charge in [0.05, 0.1) is 5.54 Å². The van der Waals surface area contributed by atoms with Gasteiger partial charge in [0.25, 0.3) is 5.91 Å². The number of rotatable bonds is 5. The lowest BCUT2D eigenvalue weighted by Crippen LogP contribution is -2.53. The maximum atomic E-state index is 12.9. The van der Waals surface area contributed by atoms with E-state index in [9.17, 15) is 9.59 Å². The van der Waals surface area contributed by atoms with Crippen LogP contribution in [-0.2, 0) is 11.3 Å². The molecule has 128 valence electrons. The molecule has 0 unspecified atom stereocenters. The van der Waals surface area contributed by atoms with Gasteiger partial charge in [-0.1, -0.05) is 18.2 Å². The summed E-state index contributed by atoms with van der Waals surface area (Å²) in [5.74, 6) is 2.95. The lowest BCUT2D eigenvalue weighted by molar-refractivity contribution is -0.124. The number of carbonyl (C=O) groups excluding carboxylic acids is 2. The van der Waals surface area contributed by atoms with E-state index in [1.807, 2.05) is 40.9 Å². The third-order valence-corrected chi connectivity index (χ3v) is 6.58. The van der Waals surface area contributed by atoms with Crippen molar-refractivity contribution in [2.75, 3.05) is 18.1 Å². The van der Waals surface area contributed by atoms with Crippen molar-refractivity contribution in [3.05, 3.63) is 35.4 Å². The molecule has 2 heterocycles. The summed E-state index contributed by atoms with van der Waals surface area (Å²) in [6.45, 7) is 1.45. The summed E-state index contributed by atoms with van der Waals surface area (Å²) in [4.78, 5) is 27.5. The standard InChI is InChI=1S/C19H24N2O2S/c22-17(20-12-14-5-6-14)11-19(7-9-24-10-8-19)21-13-15-3-1-2-4-16(15)18(21)23/h1-4,14H,5-13H2,(H,20,22). The molecular formula is C19H24N2O2S. The molecule has 5 heteroatoms. The van der Waals surface area contributed by atoms with E-state index in [-0.39, 0.29) is 17.4 Å².